The molecule has 0 heterocycles. The second-order valence-corrected chi connectivity index (χ2v) is 4.46. The number of ether oxygens (including phenoxy) is 1. The SMILES string of the molecule is O=C(O)c1cccc(Oc2cc(F)cc(Br)c2)c1. The number of benzene rings is 2. The van der Waals surface area contributed by atoms with Crippen LogP contribution in [0.25, 0.3) is 0 Å². The molecule has 0 fully saturated rings. The molecule has 3 nitrogen and oxygen atoms in total. The minimum Gasteiger partial charge on any atom is -0.478 e. The Balaban J connectivity index is 2.28. The molecule has 0 saturated carbocycles. The van der Waals surface area contributed by atoms with Gasteiger partial charge in [0, 0.05) is 10.5 Å². The lowest BCUT2D eigenvalue weighted by Crippen LogP contribution is -1.96. The third-order valence-electron chi connectivity index (χ3n) is 2.15. The van der Waals surface area contributed by atoms with Crippen molar-refractivity contribution in [3.8, 4) is 11.5 Å². The maximum atomic E-state index is 13.1. The fourth-order valence-corrected chi connectivity index (χ4v) is 1.86. The average molecular weight is 311 g/mol. The summed E-state index contributed by atoms with van der Waals surface area (Å²) in [5.41, 5.74) is 0.114. The van der Waals surface area contributed by atoms with Crippen LogP contribution in [0.15, 0.2) is 46.9 Å². The Morgan fingerprint density at radius 1 is 1.17 bits per heavy atom. The lowest BCUT2D eigenvalue weighted by atomic mass is 10.2. The number of carboxylic acids is 1. The summed E-state index contributed by atoms with van der Waals surface area (Å²) in [7, 11) is 0. The zero-order chi connectivity index (χ0) is 13.1. The summed E-state index contributed by atoms with van der Waals surface area (Å²) < 4.78 is 19.1. The van der Waals surface area contributed by atoms with Crippen LogP contribution in [-0.4, -0.2) is 11.1 Å². The molecule has 5 heteroatoms. The normalized spacial score (nSPS) is 10.1. The van der Waals surface area contributed by atoms with Gasteiger partial charge in [0.05, 0.1) is 5.56 Å². The third-order valence-corrected chi connectivity index (χ3v) is 2.61. The monoisotopic (exact) mass is 310 g/mol. The van der Waals surface area contributed by atoms with Gasteiger partial charge in [-0.1, -0.05) is 22.0 Å². The predicted molar refractivity (Wildman–Crippen MR) is 67.6 cm³/mol. The molecule has 92 valence electrons. The summed E-state index contributed by atoms with van der Waals surface area (Å²) in [6.45, 7) is 0. The van der Waals surface area contributed by atoms with Crippen molar-refractivity contribution in [3.05, 3.63) is 58.3 Å². The van der Waals surface area contributed by atoms with Gasteiger partial charge in [0.15, 0.2) is 0 Å². The fraction of sp³-hybridized carbons (Fsp3) is 0. The van der Waals surface area contributed by atoms with Gasteiger partial charge in [-0.05, 0) is 30.3 Å². The first-order chi connectivity index (χ1) is 8.54. The molecule has 0 saturated heterocycles. The van der Waals surface area contributed by atoms with Crippen LogP contribution in [0.2, 0.25) is 0 Å². The molecular formula is C13H8BrFO3. The molecule has 0 aliphatic heterocycles. The van der Waals surface area contributed by atoms with E-state index in [1.165, 1.54) is 24.3 Å². The second kappa shape index (κ2) is 5.18. The topological polar surface area (TPSA) is 46.5 Å². The summed E-state index contributed by atoms with van der Waals surface area (Å²) >= 11 is 3.15. The molecule has 0 amide bonds. The quantitative estimate of drug-likeness (QED) is 0.929. The molecule has 0 unspecified atom stereocenters. The van der Waals surface area contributed by atoms with Crippen molar-refractivity contribution >= 4 is 21.9 Å². The van der Waals surface area contributed by atoms with E-state index in [4.69, 9.17) is 9.84 Å². The molecule has 18 heavy (non-hydrogen) atoms. The van der Waals surface area contributed by atoms with Crippen LogP contribution in [0, 0.1) is 5.82 Å². The fourth-order valence-electron chi connectivity index (χ4n) is 1.42. The van der Waals surface area contributed by atoms with Crippen molar-refractivity contribution in [2.75, 3.05) is 0 Å². The van der Waals surface area contributed by atoms with Gasteiger partial charge in [0.2, 0.25) is 0 Å². The first kappa shape index (κ1) is 12.6. The standard InChI is InChI=1S/C13H8BrFO3/c14-9-5-10(15)7-12(6-9)18-11-3-1-2-8(4-11)13(16)17/h1-7H,(H,16,17). The highest BCUT2D eigenvalue weighted by Crippen LogP contribution is 2.26. The molecular weight excluding hydrogens is 303 g/mol. The Hall–Kier alpha value is -1.88. The van der Waals surface area contributed by atoms with E-state index in [1.807, 2.05) is 0 Å². The summed E-state index contributed by atoms with van der Waals surface area (Å²) in [5, 5.41) is 8.84. The van der Waals surface area contributed by atoms with Gasteiger partial charge >= 0.3 is 5.97 Å². The number of rotatable bonds is 3. The van der Waals surface area contributed by atoms with Gasteiger partial charge < -0.3 is 9.84 Å². The molecule has 0 bridgehead atoms. The van der Waals surface area contributed by atoms with Crippen LogP contribution in [0.3, 0.4) is 0 Å². The Kier molecular flexibility index (Phi) is 3.62. The van der Waals surface area contributed by atoms with E-state index in [9.17, 15) is 9.18 Å². The van der Waals surface area contributed by atoms with Gasteiger partial charge in [0.1, 0.15) is 17.3 Å². The Morgan fingerprint density at radius 2 is 1.94 bits per heavy atom. The lowest BCUT2D eigenvalue weighted by Gasteiger charge is -2.07. The molecule has 2 rings (SSSR count). The van der Waals surface area contributed by atoms with Crippen molar-refractivity contribution < 1.29 is 19.0 Å². The Bertz CT molecular complexity index is 578. The van der Waals surface area contributed by atoms with E-state index in [1.54, 1.807) is 18.2 Å². The third kappa shape index (κ3) is 3.07. The lowest BCUT2D eigenvalue weighted by molar-refractivity contribution is 0.0696. The minimum atomic E-state index is -1.04. The van der Waals surface area contributed by atoms with Crippen LogP contribution in [-0.2, 0) is 0 Å². The first-order valence-corrected chi connectivity index (χ1v) is 5.81. The molecule has 0 atom stereocenters. The first-order valence-electron chi connectivity index (χ1n) is 5.02. The average Bonchev–Trinajstić information content (AvgIpc) is 2.27. The van der Waals surface area contributed by atoms with Crippen LogP contribution in [0.1, 0.15) is 10.4 Å². The van der Waals surface area contributed by atoms with Crippen molar-refractivity contribution in [2.24, 2.45) is 0 Å². The number of hydrogen-bond donors (Lipinski definition) is 1. The van der Waals surface area contributed by atoms with Crippen LogP contribution < -0.4 is 4.74 Å². The maximum absolute atomic E-state index is 13.1. The summed E-state index contributed by atoms with van der Waals surface area (Å²) in [6, 6.07) is 10.1. The second-order valence-electron chi connectivity index (χ2n) is 3.54. The van der Waals surface area contributed by atoms with Crippen LogP contribution in [0.4, 0.5) is 4.39 Å². The highest BCUT2D eigenvalue weighted by atomic mass is 79.9. The number of hydrogen-bond acceptors (Lipinski definition) is 2. The molecule has 0 radical (unpaired) electrons. The summed E-state index contributed by atoms with van der Waals surface area (Å²) in [5.74, 6) is -0.841. The number of halogens is 2. The Morgan fingerprint density at radius 3 is 2.61 bits per heavy atom. The van der Waals surface area contributed by atoms with Gasteiger partial charge in [0.25, 0.3) is 0 Å². The number of carboxylic acid groups (broad SMARTS) is 1. The van der Waals surface area contributed by atoms with E-state index < -0.39 is 11.8 Å². The molecule has 2 aromatic carbocycles. The van der Waals surface area contributed by atoms with Gasteiger partial charge in [-0.15, -0.1) is 0 Å². The highest BCUT2D eigenvalue weighted by Gasteiger charge is 2.06. The van der Waals surface area contributed by atoms with Crippen LogP contribution in [0.5, 0.6) is 11.5 Å². The molecule has 0 spiro atoms. The van der Waals surface area contributed by atoms with E-state index in [0.29, 0.717) is 16.0 Å². The minimum absolute atomic E-state index is 0.114. The predicted octanol–water partition coefficient (Wildman–Crippen LogP) is 4.08. The van der Waals surface area contributed by atoms with E-state index in [2.05, 4.69) is 15.9 Å². The van der Waals surface area contributed by atoms with E-state index >= 15 is 0 Å². The van der Waals surface area contributed by atoms with Gasteiger partial charge in [-0.25, -0.2) is 9.18 Å². The molecule has 0 aliphatic carbocycles. The van der Waals surface area contributed by atoms with Gasteiger partial charge in [-0.3, -0.25) is 0 Å². The zero-order valence-corrected chi connectivity index (χ0v) is 10.6. The Labute approximate surface area is 111 Å². The largest absolute Gasteiger partial charge is 0.478 e. The molecule has 2 aromatic rings. The smallest absolute Gasteiger partial charge is 0.335 e. The molecule has 0 aliphatic rings. The van der Waals surface area contributed by atoms with Crippen LogP contribution >= 0.6 is 15.9 Å². The van der Waals surface area contributed by atoms with Crippen molar-refractivity contribution in [1.29, 1.82) is 0 Å². The highest BCUT2D eigenvalue weighted by molar-refractivity contribution is 9.10. The maximum Gasteiger partial charge on any atom is 0.335 e. The number of carbonyl (C=O) groups is 1. The van der Waals surface area contributed by atoms with E-state index in [-0.39, 0.29) is 5.56 Å². The van der Waals surface area contributed by atoms with Crippen molar-refractivity contribution in [1.82, 2.24) is 0 Å². The van der Waals surface area contributed by atoms with Crippen molar-refractivity contribution in [2.45, 2.75) is 0 Å². The molecule has 1 N–H and O–H groups in total. The summed E-state index contributed by atoms with van der Waals surface area (Å²) in [6.07, 6.45) is 0. The molecule has 0 aromatic heterocycles. The van der Waals surface area contributed by atoms with Crippen molar-refractivity contribution in [3.63, 3.8) is 0 Å². The zero-order valence-electron chi connectivity index (χ0n) is 9.06. The van der Waals surface area contributed by atoms with Gasteiger partial charge in [-0.2, -0.15) is 0 Å². The van der Waals surface area contributed by atoms with E-state index in [0.717, 1.165) is 0 Å². The number of aromatic carboxylic acids is 1. The summed E-state index contributed by atoms with van der Waals surface area (Å²) in [4.78, 5) is 10.8.